The lowest BCUT2D eigenvalue weighted by atomic mass is 9.89. The van der Waals surface area contributed by atoms with Crippen LogP contribution >= 0.6 is 0 Å². The number of rotatable bonds is 5. The van der Waals surface area contributed by atoms with Crippen molar-refractivity contribution >= 4 is 27.7 Å². The minimum absolute atomic E-state index is 0.174. The smallest absolute Gasteiger partial charge is 0.342 e. The monoisotopic (exact) mass is 430 g/mol. The van der Waals surface area contributed by atoms with E-state index < -0.39 is 5.97 Å². The molecular formula is C26H26N2O4. The van der Waals surface area contributed by atoms with Gasteiger partial charge >= 0.3 is 5.97 Å². The van der Waals surface area contributed by atoms with Gasteiger partial charge in [-0.3, -0.25) is 9.88 Å². The SMILES string of the molecule is CCOC(=O)c1c(C)oc2c1c([C@@H](c1ccncc1)N1CCCC1)c(O)c1ccccc12. The fourth-order valence-corrected chi connectivity index (χ4v) is 4.96. The predicted molar refractivity (Wildman–Crippen MR) is 123 cm³/mol. The summed E-state index contributed by atoms with van der Waals surface area (Å²) in [7, 11) is 0. The Labute approximate surface area is 186 Å². The van der Waals surface area contributed by atoms with Crippen molar-refractivity contribution in [1.29, 1.82) is 0 Å². The zero-order valence-electron chi connectivity index (χ0n) is 18.3. The molecule has 0 unspecified atom stereocenters. The lowest BCUT2D eigenvalue weighted by Crippen LogP contribution is -2.27. The quantitative estimate of drug-likeness (QED) is 0.430. The molecule has 32 heavy (non-hydrogen) atoms. The number of phenolic OH excluding ortho intramolecular Hbond substituents is 1. The average Bonchev–Trinajstić information content (AvgIpc) is 3.45. The van der Waals surface area contributed by atoms with Crippen LogP contribution in [0, 0.1) is 6.92 Å². The first-order chi connectivity index (χ1) is 15.6. The number of nitrogens with zero attached hydrogens (tertiary/aromatic N) is 2. The highest BCUT2D eigenvalue weighted by Crippen LogP contribution is 2.47. The van der Waals surface area contributed by atoms with Crippen molar-refractivity contribution < 1.29 is 19.1 Å². The third kappa shape index (κ3) is 3.22. The molecule has 4 aromatic rings. The highest BCUT2D eigenvalue weighted by Gasteiger charge is 2.34. The van der Waals surface area contributed by atoms with Gasteiger partial charge in [0.05, 0.1) is 12.6 Å². The van der Waals surface area contributed by atoms with Crippen molar-refractivity contribution in [2.24, 2.45) is 0 Å². The maximum atomic E-state index is 13.0. The number of hydrogen-bond donors (Lipinski definition) is 1. The number of aromatic nitrogens is 1. The van der Waals surface area contributed by atoms with E-state index in [0.29, 0.717) is 33.2 Å². The number of benzene rings is 2. The van der Waals surface area contributed by atoms with Gasteiger partial charge in [0, 0.05) is 34.1 Å². The Morgan fingerprint density at radius 2 is 1.84 bits per heavy atom. The van der Waals surface area contributed by atoms with Crippen molar-refractivity contribution in [3.8, 4) is 5.75 Å². The first kappa shape index (κ1) is 20.5. The molecule has 1 aliphatic heterocycles. The van der Waals surface area contributed by atoms with Gasteiger partial charge in [-0.15, -0.1) is 0 Å². The molecule has 1 atom stereocenters. The van der Waals surface area contributed by atoms with Gasteiger partial charge in [-0.05, 0) is 57.5 Å². The third-order valence-corrected chi connectivity index (χ3v) is 6.32. The molecule has 0 aliphatic carbocycles. The molecule has 164 valence electrons. The summed E-state index contributed by atoms with van der Waals surface area (Å²) < 4.78 is 11.6. The molecule has 2 aromatic heterocycles. The minimum atomic E-state index is -0.436. The van der Waals surface area contributed by atoms with E-state index in [0.717, 1.165) is 36.9 Å². The number of aryl methyl sites for hydroxylation is 1. The second-order valence-corrected chi connectivity index (χ2v) is 8.19. The number of esters is 1. The Balaban J connectivity index is 1.91. The molecule has 6 nitrogen and oxygen atoms in total. The van der Waals surface area contributed by atoms with E-state index in [1.54, 1.807) is 26.2 Å². The molecule has 6 heteroatoms. The van der Waals surface area contributed by atoms with Crippen LogP contribution in [0.3, 0.4) is 0 Å². The zero-order chi connectivity index (χ0) is 22.2. The maximum Gasteiger partial charge on any atom is 0.342 e. The Morgan fingerprint density at radius 1 is 1.16 bits per heavy atom. The van der Waals surface area contributed by atoms with Crippen LogP contribution in [0.1, 0.15) is 53.1 Å². The molecule has 0 radical (unpaired) electrons. The second-order valence-electron chi connectivity index (χ2n) is 8.19. The van der Waals surface area contributed by atoms with Crippen LogP contribution in [0.5, 0.6) is 5.75 Å². The van der Waals surface area contributed by atoms with Crippen LogP contribution in [0.25, 0.3) is 21.7 Å². The van der Waals surface area contributed by atoms with Gasteiger partial charge in [0.25, 0.3) is 0 Å². The Kier molecular flexibility index (Phi) is 5.31. The van der Waals surface area contributed by atoms with Crippen LogP contribution in [0.4, 0.5) is 0 Å². The number of carbonyl (C=O) groups is 1. The molecule has 1 fully saturated rings. The average molecular weight is 431 g/mol. The summed E-state index contributed by atoms with van der Waals surface area (Å²) in [5.41, 5.74) is 2.69. The second kappa shape index (κ2) is 8.28. The number of furan rings is 1. The molecule has 1 N–H and O–H groups in total. The lowest BCUT2D eigenvalue weighted by molar-refractivity contribution is 0.0526. The van der Waals surface area contributed by atoms with Crippen LogP contribution in [0.15, 0.2) is 53.2 Å². The predicted octanol–water partition coefficient (Wildman–Crippen LogP) is 5.36. The van der Waals surface area contributed by atoms with E-state index >= 15 is 0 Å². The molecule has 0 amide bonds. The van der Waals surface area contributed by atoms with E-state index in [9.17, 15) is 9.90 Å². The molecule has 3 heterocycles. The lowest BCUT2D eigenvalue weighted by Gasteiger charge is -2.30. The van der Waals surface area contributed by atoms with Gasteiger partial charge < -0.3 is 14.3 Å². The number of ether oxygens (including phenoxy) is 1. The molecule has 5 rings (SSSR count). The molecule has 1 aliphatic rings. The summed E-state index contributed by atoms with van der Waals surface area (Å²) in [5, 5.41) is 13.8. The number of pyridine rings is 1. The molecule has 0 spiro atoms. The van der Waals surface area contributed by atoms with Crippen molar-refractivity contribution in [2.75, 3.05) is 19.7 Å². The summed E-state index contributed by atoms with van der Waals surface area (Å²) in [6, 6.07) is 11.3. The Bertz CT molecular complexity index is 1290. The summed E-state index contributed by atoms with van der Waals surface area (Å²) in [6.45, 7) is 5.64. The number of phenols is 1. The van der Waals surface area contributed by atoms with E-state index in [4.69, 9.17) is 9.15 Å². The Hall–Kier alpha value is -3.38. The van der Waals surface area contributed by atoms with Crippen molar-refractivity contribution in [1.82, 2.24) is 9.88 Å². The van der Waals surface area contributed by atoms with E-state index in [1.807, 2.05) is 36.4 Å². The van der Waals surface area contributed by atoms with Gasteiger partial charge in [-0.2, -0.15) is 0 Å². The number of hydrogen-bond acceptors (Lipinski definition) is 6. The third-order valence-electron chi connectivity index (χ3n) is 6.32. The van der Waals surface area contributed by atoms with Crippen LogP contribution in [0.2, 0.25) is 0 Å². The zero-order valence-corrected chi connectivity index (χ0v) is 18.3. The normalized spacial score (nSPS) is 15.4. The highest BCUT2D eigenvalue weighted by atomic mass is 16.5. The summed E-state index contributed by atoms with van der Waals surface area (Å²) in [4.78, 5) is 19.6. The molecule has 0 bridgehead atoms. The number of carbonyl (C=O) groups excluding carboxylic acids is 1. The largest absolute Gasteiger partial charge is 0.507 e. The molecule has 0 saturated carbocycles. The van der Waals surface area contributed by atoms with E-state index in [-0.39, 0.29) is 18.4 Å². The molecular weight excluding hydrogens is 404 g/mol. The fourth-order valence-electron chi connectivity index (χ4n) is 4.96. The summed E-state index contributed by atoms with van der Waals surface area (Å²) >= 11 is 0. The van der Waals surface area contributed by atoms with Crippen LogP contribution in [-0.2, 0) is 4.74 Å². The maximum absolute atomic E-state index is 13.0. The minimum Gasteiger partial charge on any atom is -0.507 e. The first-order valence-corrected chi connectivity index (χ1v) is 11.1. The van der Waals surface area contributed by atoms with Crippen molar-refractivity contribution in [3.63, 3.8) is 0 Å². The number of likely N-dealkylation sites (tertiary alicyclic amines) is 1. The number of fused-ring (bicyclic) bond motifs is 3. The summed E-state index contributed by atoms with van der Waals surface area (Å²) in [5.74, 6) is 0.230. The van der Waals surface area contributed by atoms with Gasteiger partial charge in [-0.1, -0.05) is 24.3 Å². The number of aromatic hydroxyl groups is 1. The Morgan fingerprint density at radius 3 is 2.53 bits per heavy atom. The van der Waals surface area contributed by atoms with E-state index in [2.05, 4.69) is 9.88 Å². The fraction of sp³-hybridized carbons (Fsp3) is 0.308. The van der Waals surface area contributed by atoms with Gasteiger partial charge in [0.1, 0.15) is 22.7 Å². The standard InChI is InChI=1S/C26H26N2O4/c1-3-31-26(30)20-16(2)32-25-19-9-5-4-8-18(19)24(29)22(21(20)25)23(28-14-6-7-15-28)17-10-12-27-13-11-17/h4-5,8-13,23,29H,3,6-7,14-15H2,1-2H3/t23-/m1/s1. The molecule has 2 aromatic carbocycles. The van der Waals surface area contributed by atoms with Crippen molar-refractivity contribution in [2.45, 2.75) is 32.7 Å². The van der Waals surface area contributed by atoms with Gasteiger partial charge in [0.15, 0.2) is 0 Å². The highest BCUT2D eigenvalue weighted by molar-refractivity contribution is 6.16. The van der Waals surface area contributed by atoms with Gasteiger partial charge in [-0.25, -0.2) is 4.79 Å². The summed E-state index contributed by atoms with van der Waals surface area (Å²) in [6.07, 6.45) is 5.71. The first-order valence-electron chi connectivity index (χ1n) is 11.1. The van der Waals surface area contributed by atoms with E-state index in [1.165, 1.54) is 0 Å². The van der Waals surface area contributed by atoms with Gasteiger partial charge in [0.2, 0.25) is 0 Å². The molecule has 1 saturated heterocycles. The topological polar surface area (TPSA) is 75.8 Å². The van der Waals surface area contributed by atoms with Crippen molar-refractivity contribution in [3.05, 3.63) is 71.2 Å². The van der Waals surface area contributed by atoms with Crippen LogP contribution < -0.4 is 0 Å². The van der Waals surface area contributed by atoms with Crippen LogP contribution in [-0.4, -0.2) is 40.7 Å².